The second kappa shape index (κ2) is 9.59. The summed E-state index contributed by atoms with van der Waals surface area (Å²) in [6.45, 7) is 8.05. The monoisotopic (exact) mass is 364 g/mol. The molecule has 1 saturated heterocycles. The Hall–Kier alpha value is -2.29. The summed E-state index contributed by atoms with van der Waals surface area (Å²) < 4.78 is 5.76. The highest BCUT2D eigenvalue weighted by Crippen LogP contribution is 2.32. The molecule has 27 heavy (non-hydrogen) atoms. The third-order valence-electron chi connectivity index (χ3n) is 5.05. The number of benzene rings is 2. The molecule has 144 valence electrons. The number of aryl methyl sites for hydroxylation is 1. The van der Waals surface area contributed by atoms with Crippen molar-refractivity contribution in [1.82, 2.24) is 5.32 Å². The van der Waals surface area contributed by atoms with Crippen LogP contribution in [0.5, 0.6) is 5.75 Å². The quantitative estimate of drug-likeness (QED) is 0.609. The Morgan fingerprint density at radius 3 is 2.48 bits per heavy atom. The van der Waals surface area contributed by atoms with E-state index in [-0.39, 0.29) is 6.04 Å². The van der Waals surface area contributed by atoms with Crippen LogP contribution in [0.3, 0.4) is 0 Å². The van der Waals surface area contributed by atoms with Gasteiger partial charge in [0.25, 0.3) is 0 Å². The van der Waals surface area contributed by atoms with Gasteiger partial charge in [0.1, 0.15) is 5.75 Å². The van der Waals surface area contributed by atoms with Gasteiger partial charge in [0.15, 0.2) is 0 Å². The van der Waals surface area contributed by atoms with Crippen molar-refractivity contribution >= 4 is 5.84 Å². The Kier molecular flexibility index (Phi) is 6.92. The van der Waals surface area contributed by atoms with E-state index in [1.165, 1.54) is 47.9 Å². The Morgan fingerprint density at radius 1 is 1.04 bits per heavy atom. The number of hydrogen-bond donors (Lipinski definition) is 1. The predicted octanol–water partition coefficient (Wildman–Crippen LogP) is 6.07. The topological polar surface area (TPSA) is 33.6 Å². The molecule has 1 unspecified atom stereocenters. The van der Waals surface area contributed by atoms with E-state index in [0.717, 1.165) is 24.6 Å². The minimum atomic E-state index is 0.133. The maximum atomic E-state index is 5.76. The molecule has 1 fully saturated rings. The normalized spacial score (nSPS) is 17.7. The van der Waals surface area contributed by atoms with Gasteiger partial charge in [0.2, 0.25) is 0 Å². The summed E-state index contributed by atoms with van der Waals surface area (Å²) in [5.41, 5.74) is 5.30. The SMILES string of the molecule is CCOc1ccc(C)cc1C(C)N=C1CCCCCCN1.c1cc2cc-2c1. The summed E-state index contributed by atoms with van der Waals surface area (Å²) in [6, 6.07) is 15.0. The van der Waals surface area contributed by atoms with Crippen molar-refractivity contribution in [3.8, 4) is 16.9 Å². The Labute approximate surface area is 163 Å². The first-order valence-electron chi connectivity index (χ1n) is 10.3. The highest BCUT2D eigenvalue weighted by molar-refractivity contribution is 5.82. The van der Waals surface area contributed by atoms with Crippen LogP contribution in [0.4, 0.5) is 0 Å². The molecule has 0 spiro atoms. The zero-order valence-corrected chi connectivity index (χ0v) is 16.9. The Balaban J connectivity index is 0.000000290. The molecule has 3 heteroatoms. The summed E-state index contributed by atoms with van der Waals surface area (Å²) in [5.74, 6) is 2.12. The van der Waals surface area contributed by atoms with Gasteiger partial charge in [-0.2, -0.15) is 0 Å². The fourth-order valence-corrected chi connectivity index (χ4v) is 3.46. The molecule has 0 aromatic heterocycles. The molecule has 1 heterocycles. The number of ether oxygens (including phenoxy) is 1. The average molecular weight is 365 g/mol. The highest BCUT2D eigenvalue weighted by atomic mass is 16.5. The lowest BCUT2D eigenvalue weighted by molar-refractivity contribution is 0.335. The molecule has 0 amide bonds. The van der Waals surface area contributed by atoms with Crippen molar-refractivity contribution in [2.45, 2.75) is 58.9 Å². The molecule has 4 rings (SSSR count). The van der Waals surface area contributed by atoms with Gasteiger partial charge in [-0.1, -0.05) is 48.7 Å². The average Bonchev–Trinajstić information content (AvgIpc) is 3.24. The molecular weight excluding hydrogens is 332 g/mol. The molecule has 1 aromatic carbocycles. The number of aliphatic imine (C=N–C) groups is 1. The van der Waals surface area contributed by atoms with Crippen molar-refractivity contribution in [2.75, 3.05) is 13.2 Å². The van der Waals surface area contributed by atoms with Crippen LogP contribution in [-0.4, -0.2) is 19.0 Å². The van der Waals surface area contributed by atoms with Gasteiger partial charge >= 0.3 is 0 Å². The summed E-state index contributed by atoms with van der Waals surface area (Å²) in [5, 5.41) is 3.50. The molecular formula is C24H32N2O. The molecule has 0 saturated carbocycles. The lowest BCUT2D eigenvalue weighted by Crippen LogP contribution is -2.26. The van der Waals surface area contributed by atoms with Gasteiger partial charge in [-0.3, -0.25) is 4.99 Å². The zero-order valence-electron chi connectivity index (χ0n) is 16.9. The highest BCUT2D eigenvalue weighted by Gasteiger charge is 2.13. The molecule has 3 nitrogen and oxygen atoms in total. The first-order valence-corrected chi connectivity index (χ1v) is 10.3. The van der Waals surface area contributed by atoms with Gasteiger partial charge in [-0.15, -0.1) is 0 Å². The molecule has 1 aromatic rings. The summed E-state index contributed by atoms with van der Waals surface area (Å²) >= 11 is 0. The van der Waals surface area contributed by atoms with Crippen LogP contribution < -0.4 is 10.1 Å². The first kappa shape index (κ1) is 19.5. The molecule has 0 radical (unpaired) electrons. The summed E-state index contributed by atoms with van der Waals surface area (Å²) in [6.07, 6.45) is 6.22. The maximum absolute atomic E-state index is 5.76. The third kappa shape index (κ3) is 5.85. The third-order valence-corrected chi connectivity index (χ3v) is 5.05. The molecule has 3 aliphatic rings. The van der Waals surface area contributed by atoms with E-state index in [0.29, 0.717) is 6.61 Å². The van der Waals surface area contributed by atoms with Crippen LogP contribution >= 0.6 is 0 Å². The summed E-state index contributed by atoms with van der Waals surface area (Å²) in [4.78, 5) is 4.92. The van der Waals surface area contributed by atoms with Gasteiger partial charge < -0.3 is 10.1 Å². The van der Waals surface area contributed by atoms with Crippen LogP contribution in [0.15, 0.2) is 47.5 Å². The largest absolute Gasteiger partial charge is 0.494 e. The zero-order chi connectivity index (χ0) is 19.1. The number of amidine groups is 1. The second-order valence-corrected chi connectivity index (χ2v) is 7.40. The number of nitrogens with one attached hydrogen (secondary N) is 1. The summed E-state index contributed by atoms with van der Waals surface area (Å²) in [7, 11) is 0. The van der Waals surface area contributed by atoms with E-state index in [4.69, 9.17) is 9.73 Å². The smallest absolute Gasteiger partial charge is 0.124 e. The lowest BCUT2D eigenvalue weighted by atomic mass is 10.0. The lowest BCUT2D eigenvalue weighted by Gasteiger charge is -2.18. The van der Waals surface area contributed by atoms with Crippen LogP contribution in [0.25, 0.3) is 11.1 Å². The Morgan fingerprint density at radius 2 is 1.81 bits per heavy atom. The number of fused-ring (bicyclic) bond motifs is 1. The number of hydrogen-bond acceptors (Lipinski definition) is 2. The van der Waals surface area contributed by atoms with Gasteiger partial charge in [-0.05, 0) is 56.9 Å². The fourth-order valence-electron chi connectivity index (χ4n) is 3.46. The minimum absolute atomic E-state index is 0.133. The standard InChI is InChI=1S/C18H28N2O.C6H4/c1-4-21-17-11-10-14(2)13-16(17)15(3)20-18-9-7-5-6-8-12-19-18;1-2-5-4-6(5)3-1/h10-11,13,15H,4-9,12H2,1-3H3,(H,19,20);1-4H. The van der Waals surface area contributed by atoms with Gasteiger partial charge in [0.05, 0.1) is 18.5 Å². The van der Waals surface area contributed by atoms with E-state index in [1.54, 1.807) is 0 Å². The van der Waals surface area contributed by atoms with E-state index in [1.807, 2.05) is 6.92 Å². The van der Waals surface area contributed by atoms with Crippen molar-refractivity contribution in [3.63, 3.8) is 0 Å². The van der Waals surface area contributed by atoms with Crippen molar-refractivity contribution in [1.29, 1.82) is 0 Å². The van der Waals surface area contributed by atoms with E-state index >= 15 is 0 Å². The van der Waals surface area contributed by atoms with Crippen LogP contribution in [0.1, 0.15) is 63.1 Å². The molecule has 1 atom stereocenters. The second-order valence-electron chi connectivity index (χ2n) is 7.40. The first-order chi connectivity index (χ1) is 13.2. The maximum Gasteiger partial charge on any atom is 0.124 e. The molecule has 0 bridgehead atoms. The van der Waals surface area contributed by atoms with Crippen molar-refractivity contribution in [2.24, 2.45) is 4.99 Å². The van der Waals surface area contributed by atoms with Gasteiger partial charge in [-0.25, -0.2) is 0 Å². The van der Waals surface area contributed by atoms with E-state index < -0.39 is 0 Å². The van der Waals surface area contributed by atoms with Gasteiger partial charge in [0, 0.05) is 18.5 Å². The Bertz CT molecular complexity index is 754. The van der Waals surface area contributed by atoms with Crippen LogP contribution in [0.2, 0.25) is 0 Å². The minimum Gasteiger partial charge on any atom is -0.494 e. The molecule has 1 N–H and O–H groups in total. The van der Waals surface area contributed by atoms with Crippen molar-refractivity contribution in [3.05, 3.63) is 53.6 Å². The number of nitrogens with zero attached hydrogens (tertiary/aromatic N) is 1. The number of rotatable bonds is 4. The fraction of sp³-hybridized carbons (Fsp3) is 0.458. The molecule has 1 aliphatic heterocycles. The van der Waals surface area contributed by atoms with E-state index in [2.05, 4.69) is 61.6 Å². The predicted molar refractivity (Wildman–Crippen MR) is 115 cm³/mol. The van der Waals surface area contributed by atoms with E-state index in [9.17, 15) is 0 Å². The van der Waals surface area contributed by atoms with Crippen molar-refractivity contribution < 1.29 is 4.74 Å². The molecule has 2 aliphatic carbocycles. The van der Waals surface area contributed by atoms with Crippen LogP contribution in [-0.2, 0) is 0 Å². The van der Waals surface area contributed by atoms with Crippen LogP contribution in [0, 0.1) is 6.92 Å².